The first kappa shape index (κ1) is 29.8. The van der Waals surface area contributed by atoms with Crippen LogP contribution in [0.25, 0.3) is 0 Å². The van der Waals surface area contributed by atoms with Gasteiger partial charge in [0.25, 0.3) is 11.8 Å². The first-order valence-electron chi connectivity index (χ1n) is 12.8. The average molecular weight is 563 g/mol. The minimum atomic E-state index is -3.71. The van der Waals surface area contributed by atoms with E-state index in [0.29, 0.717) is 43.2 Å². The van der Waals surface area contributed by atoms with Crippen molar-refractivity contribution in [3.63, 3.8) is 0 Å². The second-order valence-electron chi connectivity index (χ2n) is 10.7. The van der Waals surface area contributed by atoms with Gasteiger partial charge in [0.2, 0.25) is 15.9 Å². The Hall–Kier alpha value is -2.76. The maximum Gasteiger partial charge on any atom is 0.256 e. The number of benzene rings is 1. The van der Waals surface area contributed by atoms with Crippen LogP contribution in [0.4, 0.5) is 5.00 Å². The van der Waals surface area contributed by atoms with Gasteiger partial charge < -0.3 is 15.1 Å². The van der Waals surface area contributed by atoms with Crippen LogP contribution in [0.2, 0.25) is 0 Å². The summed E-state index contributed by atoms with van der Waals surface area (Å²) in [6.45, 7) is 11.2. The molecule has 0 fully saturated rings. The van der Waals surface area contributed by atoms with Crippen LogP contribution in [0.5, 0.6) is 0 Å². The van der Waals surface area contributed by atoms with E-state index in [1.54, 1.807) is 19.0 Å². The number of nitrogens with one attached hydrogen (secondary N) is 1. The lowest BCUT2D eigenvalue weighted by atomic mass is 10.0. The molecule has 0 spiro atoms. The van der Waals surface area contributed by atoms with Crippen LogP contribution >= 0.6 is 11.3 Å². The SMILES string of the molecule is CC(=O)N1CCc2c(sc(NC(=O)c3ccc(S(=O)(=O)N(CC(C)C)CC(C)C)cc3)c2C(=O)N(C)C)C1. The smallest absolute Gasteiger partial charge is 0.256 e. The molecule has 0 atom stereocenters. The van der Waals surface area contributed by atoms with E-state index in [2.05, 4.69) is 5.32 Å². The molecule has 3 rings (SSSR count). The quantitative estimate of drug-likeness (QED) is 0.499. The zero-order valence-electron chi connectivity index (χ0n) is 23.2. The third-order valence-electron chi connectivity index (χ3n) is 6.24. The van der Waals surface area contributed by atoms with Crippen LogP contribution in [0.3, 0.4) is 0 Å². The van der Waals surface area contributed by atoms with Crippen molar-refractivity contribution in [1.29, 1.82) is 0 Å². The van der Waals surface area contributed by atoms with E-state index < -0.39 is 15.9 Å². The molecule has 1 aliphatic heterocycles. The lowest BCUT2D eigenvalue weighted by molar-refractivity contribution is -0.129. The topological polar surface area (TPSA) is 107 Å². The molecule has 1 aromatic heterocycles. The fraction of sp³-hybridized carbons (Fsp3) is 0.519. The van der Waals surface area contributed by atoms with E-state index in [-0.39, 0.29) is 34.1 Å². The molecule has 0 aliphatic carbocycles. The monoisotopic (exact) mass is 562 g/mol. The Morgan fingerprint density at radius 1 is 1.03 bits per heavy atom. The molecule has 38 heavy (non-hydrogen) atoms. The van der Waals surface area contributed by atoms with Gasteiger partial charge >= 0.3 is 0 Å². The fourth-order valence-electron chi connectivity index (χ4n) is 4.40. The van der Waals surface area contributed by atoms with Crippen LogP contribution in [-0.4, -0.2) is 74.0 Å². The van der Waals surface area contributed by atoms with Crippen molar-refractivity contribution < 1.29 is 22.8 Å². The van der Waals surface area contributed by atoms with Crippen LogP contribution in [0.1, 0.15) is 65.8 Å². The maximum absolute atomic E-state index is 13.3. The van der Waals surface area contributed by atoms with Crippen molar-refractivity contribution in [2.45, 2.75) is 52.5 Å². The molecule has 0 saturated heterocycles. The number of anilines is 1. The van der Waals surface area contributed by atoms with E-state index in [0.717, 1.165) is 10.4 Å². The number of nitrogens with zero attached hydrogens (tertiary/aromatic N) is 3. The van der Waals surface area contributed by atoms with E-state index in [9.17, 15) is 22.8 Å². The van der Waals surface area contributed by atoms with Gasteiger partial charge in [0, 0.05) is 51.1 Å². The molecule has 0 radical (unpaired) electrons. The lowest BCUT2D eigenvalue weighted by Gasteiger charge is -2.26. The summed E-state index contributed by atoms with van der Waals surface area (Å²) in [5, 5.41) is 3.30. The number of rotatable bonds is 9. The molecule has 3 amide bonds. The minimum Gasteiger partial charge on any atom is -0.345 e. The number of amides is 3. The molecule has 2 aromatic rings. The number of thiophene rings is 1. The summed E-state index contributed by atoms with van der Waals surface area (Å²) in [6, 6.07) is 5.88. The third-order valence-corrected chi connectivity index (χ3v) is 9.22. The maximum atomic E-state index is 13.3. The van der Waals surface area contributed by atoms with Gasteiger partial charge in [-0.25, -0.2) is 8.42 Å². The van der Waals surface area contributed by atoms with Crippen molar-refractivity contribution >= 4 is 44.1 Å². The summed E-state index contributed by atoms with van der Waals surface area (Å²) >= 11 is 1.30. The van der Waals surface area contributed by atoms with E-state index in [1.165, 1.54) is 51.7 Å². The largest absolute Gasteiger partial charge is 0.345 e. The highest BCUT2D eigenvalue weighted by Gasteiger charge is 2.31. The Labute approximate surface area is 229 Å². The standard InChI is InChI=1S/C27H38N4O5S2/c1-17(2)14-31(15-18(3)4)38(35,36)21-10-8-20(9-11-21)25(33)28-26-24(27(34)29(6)7)22-12-13-30(19(5)32)16-23(22)37-26/h8-11,17-18H,12-16H2,1-7H3,(H,28,33). The molecule has 0 unspecified atom stereocenters. The van der Waals surface area contributed by atoms with E-state index in [4.69, 9.17) is 0 Å². The number of hydrogen-bond donors (Lipinski definition) is 1. The van der Waals surface area contributed by atoms with Crippen molar-refractivity contribution in [3.05, 3.63) is 45.8 Å². The average Bonchev–Trinajstić information content (AvgIpc) is 3.19. The van der Waals surface area contributed by atoms with Gasteiger partial charge in [-0.05, 0) is 48.1 Å². The summed E-state index contributed by atoms with van der Waals surface area (Å²) in [7, 11) is -0.400. The first-order chi connectivity index (χ1) is 17.7. The Bertz CT molecular complexity index is 1290. The Balaban J connectivity index is 1.88. The van der Waals surface area contributed by atoms with E-state index in [1.807, 2.05) is 27.7 Å². The summed E-state index contributed by atoms with van der Waals surface area (Å²) in [5.41, 5.74) is 1.59. The summed E-state index contributed by atoms with van der Waals surface area (Å²) < 4.78 is 28.1. The summed E-state index contributed by atoms with van der Waals surface area (Å²) in [4.78, 5) is 42.3. The van der Waals surface area contributed by atoms with Gasteiger partial charge in [0.1, 0.15) is 5.00 Å². The molecule has 1 aromatic carbocycles. The highest BCUT2D eigenvalue weighted by molar-refractivity contribution is 7.89. The second kappa shape index (κ2) is 12.0. The van der Waals surface area contributed by atoms with Crippen molar-refractivity contribution in [1.82, 2.24) is 14.1 Å². The summed E-state index contributed by atoms with van der Waals surface area (Å²) in [5.74, 6) is -0.347. The molecular weight excluding hydrogens is 524 g/mol. The van der Waals surface area contributed by atoms with Crippen LogP contribution in [-0.2, 0) is 27.8 Å². The van der Waals surface area contributed by atoms with Crippen LogP contribution < -0.4 is 5.32 Å². The molecule has 9 nitrogen and oxygen atoms in total. The number of hydrogen-bond acceptors (Lipinski definition) is 6. The number of carbonyl (C=O) groups excluding carboxylic acids is 3. The number of sulfonamides is 1. The van der Waals surface area contributed by atoms with Gasteiger partial charge in [-0.3, -0.25) is 14.4 Å². The van der Waals surface area contributed by atoms with Gasteiger partial charge in [-0.1, -0.05) is 27.7 Å². The molecular formula is C27H38N4O5S2. The Morgan fingerprint density at radius 2 is 1.61 bits per heavy atom. The highest BCUT2D eigenvalue weighted by Crippen LogP contribution is 2.38. The highest BCUT2D eigenvalue weighted by atomic mass is 32.2. The number of carbonyl (C=O) groups is 3. The molecule has 1 N–H and O–H groups in total. The summed E-state index contributed by atoms with van der Waals surface area (Å²) in [6.07, 6.45) is 0.534. The molecule has 2 heterocycles. The van der Waals surface area contributed by atoms with Crippen molar-refractivity contribution in [2.75, 3.05) is 39.0 Å². The predicted octanol–water partition coefficient (Wildman–Crippen LogP) is 3.91. The molecule has 11 heteroatoms. The molecule has 0 saturated carbocycles. The minimum absolute atomic E-state index is 0.0366. The number of fused-ring (bicyclic) bond motifs is 1. The zero-order valence-corrected chi connectivity index (χ0v) is 24.8. The van der Waals surface area contributed by atoms with Gasteiger partial charge in [-0.15, -0.1) is 11.3 Å². The zero-order chi connectivity index (χ0) is 28.4. The van der Waals surface area contributed by atoms with Gasteiger partial charge in [0.05, 0.1) is 17.0 Å². The second-order valence-corrected chi connectivity index (χ2v) is 13.7. The van der Waals surface area contributed by atoms with Gasteiger partial charge in [-0.2, -0.15) is 4.31 Å². The van der Waals surface area contributed by atoms with E-state index >= 15 is 0 Å². The lowest BCUT2D eigenvalue weighted by Crippen LogP contribution is -2.37. The Kier molecular flexibility index (Phi) is 9.38. The first-order valence-corrected chi connectivity index (χ1v) is 15.0. The third kappa shape index (κ3) is 6.62. The normalized spacial score (nSPS) is 13.7. The predicted molar refractivity (Wildman–Crippen MR) is 150 cm³/mol. The van der Waals surface area contributed by atoms with Crippen molar-refractivity contribution in [2.24, 2.45) is 11.8 Å². The fourth-order valence-corrected chi connectivity index (χ4v) is 7.42. The van der Waals surface area contributed by atoms with Crippen LogP contribution in [0.15, 0.2) is 29.2 Å². The van der Waals surface area contributed by atoms with Crippen molar-refractivity contribution in [3.8, 4) is 0 Å². The molecule has 1 aliphatic rings. The Morgan fingerprint density at radius 3 is 2.11 bits per heavy atom. The molecule has 208 valence electrons. The van der Waals surface area contributed by atoms with Crippen LogP contribution in [0, 0.1) is 11.8 Å². The van der Waals surface area contributed by atoms with Gasteiger partial charge in [0.15, 0.2) is 0 Å². The molecule has 0 bridgehead atoms.